The fraction of sp³-hybridized carbons (Fsp3) is 0.880. The summed E-state index contributed by atoms with van der Waals surface area (Å²) >= 11 is 0. The van der Waals surface area contributed by atoms with Gasteiger partial charge in [0.05, 0.1) is 0 Å². The molecule has 0 aromatic heterocycles. The minimum Gasteiger partial charge on any atom is -0.463 e. The third-order valence-electron chi connectivity index (χ3n) is 7.42. The van der Waals surface area contributed by atoms with Crippen LogP contribution < -0.4 is 0 Å². The predicted octanol–water partition coefficient (Wildman–Crippen LogP) is 3.78. The van der Waals surface area contributed by atoms with E-state index in [0.29, 0.717) is 30.8 Å². The van der Waals surface area contributed by atoms with Crippen molar-refractivity contribution < 1.29 is 19.1 Å². The first-order valence-electron chi connectivity index (χ1n) is 12.2. The SMILES string of the molecule is CCC(=O)N1CCC([C@@H]2COC(=O)C(C)(C)C(=O)[C@H](C)C[C@H](C)C[C@@H](C)CN2C)CC1. The van der Waals surface area contributed by atoms with E-state index in [2.05, 4.69) is 25.8 Å². The lowest BCUT2D eigenvalue weighted by Gasteiger charge is -2.40. The zero-order valence-corrected chi connectivity index (χ0v) is 20.8. The fourth-order valence-electron chi connectivity index (χ4n) is 5.63. The molecule has 1 amide bonds. The Kier molecular flexibility index (Phi) is 9.11. The molecule has 0 aliphatic carbocycles. The smallest absolute Gasteiger partial charge is 0.319 e. The molecule has 6 nitrogen and oxygen atoms in total. The average molecular weight is 437 g/mol. The van der Waals surface area contributed by atoms with Crippen LogP contribution >= 0.6 is 0 Å². The van der Waals surface area contributed by atoms with Crippen LogP contribution in [0.5, 0.6) is 0 Å². The first kappa shape index (κ1) is 25.8. The van der Waals surface area contributed by atoms with E-state index in [1.54, 1.807) is 13.8 Å². The number of likely N-dealkylation sites (N-methyl/N-ethyl adjacent to an activating group) is 1. The topological polar surface area (TPSA) is 66.9 Å². The van der Waals surface area contributed by atoms with Crippen LogP contribution in [0, 0.1) is 29.1 Å². The fourth-order valence-corrected chi connectivity index (χ4v) is 5.63. The molecule has 6 heteroatoms. The molecule has 4 atom stereocenters. The number of piperidine rings is 1. The Morgan fingerprint density at radius 1 is 1.06 bits per heavy atom. The van der Waals surface area contributed by atoms with E-state index in [-0.39, 0.29) is 23.7 Å². The van der Waals surface area contributed by atoms with Crippen LogP contribution in [0.4, 0.5) is 0 Å². The van der Waals surface area contributed by atoms with Crippen molar-refractivity contribution in [1.82, 2.24) is 9.80 Å². The van der Waals surface area contributed by atoms with Gasteiger partial charge in [0.1, 0.15) is 12.0 Å². The standard InChI is InChI=1S/C25H44N2O4/c1-8-22(28)27-11-9-20(10-12-27)21-16-31-24(30)25(5,6)23(29)19(4)14-17(2)13-18(3)15-26(21)7/h17-21H,8-16H2,1-7H3/t17-,18-,19-,21+/m1/s1. The van der Waals surface area contributed by atoms with Crippen molar-refractivity contribution in [3.8, 4) is 0 Å². The zero-order chi connectivity index (χ0) is 23.3. The van der Waals surface area contributed by atoms with E-state index in [9.17, 15) is 14.4 Å². The molecular weight excluding hydrogens is 392 g/mol. The van der Waals surface area contributed by atoms with Gasteiger partial charge in [0, 0.05) is 38.0 Å². The third kappa shape index (κ3) is 6.53. The number of ketones is 1. The summed E-state index contributed by atoms with van der Waals surface area (Å²) in [6.45, 7) is 14.5. The molecule has 2 saturated heterocycles. The normalized spacial score (nSPS) is 32.5. The summed E-state index contributed by atoms with van der Waals surface area (Å²) < 4.78 is 5.80. The van der Waals surface area contributed by atoms with Gasteiger partial charge in [0.2, 0.25) is 5.91 Å². The summed E-state index contributed by atoms with van der Waals surface area (Å²) in [6.07, 6.45) is 4.25. The molecule has 31 heavy (non-hydrogen) atoms. The van der Waals surface area contributed by atoms with Gasteiger partial charge in [0.25, 0.3) is 0 Å². The highest BCUT2D eigenvalue weighted by Crippen LogP contribution is 2.31. The van der Waals surface area contributed by atoms with Gasteiger partial charge in [-0.1, -0.05) is 27.7 Å². The highest BCUT2D eigenvalue weighted by Gasteiger charge is 2.41. The molecule has 0 spiro atoms. The quantitative estimate of drug-likeness (QED) is 0.487. The molecule has 0 unspecified atom stereocenters. The molecule has 2 fully saturated rings. The number of hydrogen-bond acceptors (Lipinski definition) is 5. The average Bonchev–Trinajstić information content (AvgIpc) is 2.72. The van der Waals surface area contributed by atoms with Gasteiger partial charge in [-0.25, -0.2) is 0 Å². The van der Waals surface area contributed by atoms with Gasteiger partial charge >= 0.3 is 5.97 Å². The van der Waals surface area contributed by atoms with Crippen molar-refractivity contribution in [2.45, 2.75) is 79.7 Å². The summed E-state index contributed by atoms with van der Waals surface area (Å²) in [7, 11) is 2.13. The number of cyclic esters (lactones) is 1. The first-order valence-corrected chi connectivity index (χ1v) is 12.2. The van der Waals surface area contributed by atoms with Crippen molar-refractivity contribution in [1.29, 1.82) is 0 Å². The molecule has 2 aliphatic heterocycles. The van der Waals surface area contributed by atoms with Crippen LogP contribution in [-0.4, -0.2) is 66.8 Å². The number of Topliss-reactive ketones (excluding diaryl/α,β-unsaturated/α-hetero) is 1. The lowest BCUT2D eigenvalue weighted by molar-refractivity contribution is -0.161. The van der Waals surface area contributed by atoms with Crippen molar-refractivity contribution in [2.24, 2.45) is 29.1 Å². The van der Waals surface area contributed by atoms with Crippen LogP contribution in [0.3, 0.4) is 0 Å². The minimum atomic E-state index is -1.13. The van der Waals surface area contributed by atoms with Crippen LogP contribution in [0.15, 0.2) is 0 Å². The van der Waals surface area contributed by atoms with Gasteiger partial charge in [-0.05, 0) is 64.3 Å². The Morgan fingerprint density at radius 2 is 1.68 bits per heavy atom. The highest BCUT2D eigenvalue weighted by atomic mass is 16.5. The number of nitrogens with zero attached hydrogens (tertiary/aromatic N) is 2. The van der Waals surface area contributed by atoms with Gasteiger partial charge in [-0.2, -0.15) is 0 Å². The first-order chi connectivity index (χ1) is 14.5. The second-order valence-corrected chi connectivity index (χ2v) is 10.7. The van der Waals surface area contributed by atoms with Crippen molar-refractivity contribution >= 4 is 17.7 Å². The number of amides is 1. The van der Waals surface area contributed by atoms with E-state index in [1.165, 1.54) is 0 Å². The lowest BCUT2D eigenvalue weighted by Crippen LogP contribution is -2.49. The maximum absolute atomic E-state index is 13.0. The second kappa shape index (κ2) is 10.9. The van der Waals surface area contributed by atoms with Gasteiger partial charge in [-0.15, -0.1) is 0 Å². The molecule has 0 bridgehead atoms. The number of likely N-dealkylation sites (tertiary alicyclic amines) is 1. The van der Waals surface area contributed by atoms with Crippen molar-refractivity contribution in [3.05, 3.63) is 0 Å². The summed E-state index contributed by atoms with van der Waals surface area (Å²) in [4.78, 5) is 42.3. The zero-order valence-electron chi connectivity index (χ0n) is 20.8. The molecule has 0 saturated carbocycles. The van der Waals surface area contributed by atoms with Gasteiger partial charge < -0.3 is 9.64 Å². The van der Waals surface area contributed by atoms with E-state index in [1.807, 2.05) is 18.7 Å². The largest absolute Gasteiger partial charge is 0.463 e. The molecule has 2 heterocycles. The van der Waals surface area contributed by atoms with Gasteiger partial charge in [-0.3, -0.25) is 19.3 Å². The molecule has 0 radical (unpaired) electrons. The van der Waals surface area contributed by atoms with Crippen LogP contribution in [-0.2, 0) is 19.1 Å². The van der Waals surface area contributed by atoms with E-state index in [4.69, 9.17) is 4.74 Å². The molecule has 178 valence electrons. The monoisotopic (exact) mass is 436 g/mol. The highest BCUT2D eigenvalue weighted by molar-refractivity contribution is 6.03. The predicted molar refractivity (Wildman–Crippen MR) is 122 cm³/mol. The van der Waals surface area contributed by atoms with E-state index >= 15 is 0 Å². The Labute approximate surface area is 189 Å². The van der Waals surface area contributed by atoms with Crippen molar-refractivity contribution in [3.63, 3.8) is 0 Å². The van der Waals surface area contributed by atoms with Crippen molar-refractivity contribution in [2.75, 3.05) is 33.3 Å². The minimum absolute atomic E-state index is 0.0208. The Hall–Kier alpha value is -1.43. The van der Waals surface area contributed by atoms with Gasteiger partial charge in [0.15, 0.2) is 5.78 Å². The van der Waals surface area contributed by atoms with Crippen LogP contribution in [0.1, 0.15) is 73.6 Å². The number of hydrogen-bond donors (Lipinski definition) is 0. The second-order valence-electron chi connectivity index (χ2n) is 10.7. The molecule has 0 aromatic rings. The van der Waals surface area contributed by atoms with Crippen LogP contribution in [0.25, 0.3) is 0 Å². The lowest BCUT2D eigenvalue weighted by atomic mass is 9.78. The summed E-state index contributed by atoms with van der Waals surface area (Å²) in [5, 5.41) is 0. The maximum Gasteiger partial charge on any atom is 0.319 e. The number of esters is 1. The number of carbonyl (C=O) groups excluding carboxylic acids is 3. The molecule has 2 aliphatic rings. The van der Waals surface area contributed by atoms with E-state index in [0.717, 1.165) is 45.3 Å². The molecule has 2 rings (SSSR count). The Balaban J connectivity index is 2.20. The Bertz CT molecular complexity index is 639. The number of rotatable bonds is 2. The summed E-state index contributed by atoms with van der Waals surface area (Å²) in [5.74, 6) is 0.914. The molecular formula is C25H44N2O4. The third-order valence-corrected chi connectivity index (χ3v) is 7.42. The summed E-state index contributed by atoms with van der Waals surface area (Å²) in [5.41, 5.74) is -1.13. The molecule has 0 N–H and O–H groups in total. The van der Waals surface area contributed by atoms with Crippen LogP contribution in [0.2, 0.25) is 0 Å². The summed E-state index contributed by atoms with van der Waals surface area (Å²) in [6, 6.07) is 0.102. The number of carbonyl (C=O) groups is 3. The Morgan fingerprint density at radius 3 is 2.26 bits per heavy atom. The molecule has 0 aromatic carbocycles. The van der Waals surface area contributed by atoms with E-state index < -0.39 is 11.4 Å². The number of ether oxygens (including phenoxy) is 1. The maximum atomic E-state index is 13.0.